The summed E-state index contributed by atoms with van der Waals surface area (Å²) in [4.78, 5) is 1.85. The van der Waals surface area contributed by atoms with Crippen molar-refractivity contribution in [2.45, 2.75) is 25.8 Å². The highest BCUT2D eigenvalue weighted by Crippen LogP contribution is 2.31. The first-order valence-corrected chi connectivity index (χ1v) is 4.72. The quantitative estimate of drug-likeness (QED) is 0.516. The molecule has 2 rings (SSSR count). The van der Waals surface area contributed by atoms with Crippen molar-refractivity contribution in [3.8, 4) is 0 Å². The van der Waals surface area contributed by atoms with Gasteiger partial charge in [0.15, 0.2) is 11.7 Å². The zero-order valence-corrected chi connectivity index (χ0v) is 8.16. The van der Waals surface area contributed by atoms with Gasteiger partial charge in [0.2, 0.25) is 0 Å². The predicted molar refractivity (Wildman–Crippen MR) is 51.8 cm³/mol. The van der Waals surface area contributed by atoms with Gasteiger partial charge in [-0.1, -0.05) is 5.16 Å². The summed E-state index contributed by atoms with van der Waals surface area (Å²) in [5.74, 6) is 0.928. The molecule has 1 fully saturated rings. The van der Waals surface area contributed by atoms with Gasteiger partial charge in [0.25, 0.3) is 0 Å². The van der Waals surface area contributed by atoms with Crippen LogP contribution < -0.4 is 5.73 Å². The lowest BCUT2D eigenvalue weighted by molar-refractivity contribution is 0.290. The van der Waals surface area contributed by atoms with E-state index in [4.69, 9.17) is 15.7 Å². The van der Waals surface area contributed by atoms with Crippen molar-refractivity contribution < 1.29 is 4.52 Å². The Kier molecular flexibility index (Phi) is 2.15. The van der Waals surface area contributed by atoms with Gasteiger partial charge in [0.05, 0.1) is 11.7 Å². The SMILES string of the molecule is Cc1cc(C2CCCN2C(=N)N)on1. The molecule has 0 aliphatic carbocycles. The Labute approximate surface area is 82.4 Å². The largest absolute Gasteiger partial charge is 0.370 e. The summed E-state index contributed by atoms with van der Waals surface area (Å²) < 4.78 is 5.18. The highest BCUT2D eigenvalue weighted by atomic mass is 16.5. The molecule has 5 heteroatoms. The molecule has 0 spiro atoms. The Bertz CT molecular complexity index is 346. The first kappa shape index (κ1) is 9.05. The monoisotopic (exact) mass is 194 g/mol. The van der Waals surface area contributed by atoms with Crippen molar-refractivity contribution in [3.05, 3.63) is 17.5 Å². The second-order valence-corrected chi connectivity index (χ2v) is 3.61. The smallest absolute Gasteiger partial charge is 0.189 e. The van der Waals surface area contributed by atoms with E-state index >= 15 is 0 Å². The van der Waals surface area contributed by atoms with E-state index in [9.17, 15) is 0 Å². The average Bonchev–Trinajstić information content (AvgIpc) is 2.70. The Morgan fingerprint density at radius 3 is 3.14 bits per heavy atom. The standard InChI is InChI=1S/C9H14N4O/c1-6-5-8(14-12-6)7-3-2-4-13(7)9(10)11/h5,7H,2-4H2,1H3,(H3,10,11). The number of hydrogen-bond acceptors (Lipinski definition) is 3. The van der Waals surface area contributed by atoms with Crippen LogP contribution in [0.3, 0.4) is 0 Å². The molecule has 0 bridgehead atoms. The predicted octanol–water partition coefficient (Wildman–Crippen LogP) is 1.01. The fourth-order valence-corrected chi connectivity index (χ4v) is 1.89. The summed E-state index contributed by atoms with van der Waals surface area (Å²) in [6.07, 6.45) is 2.03. The zero-order valence-electron chi connectivity index (χ0n) is 8.16. The van der Waals surface area contributed by atoms with E-state index in [2.05, 4.69) is 5.16 Å². The molecule has 2 heterocycles. The van der Waals surface area contributed by atoms with Gasteiger partial charge in [0, 0.05) is 12.6 Å². The van der Waals surface area contributed by atoms with E-state index in [1.807, 2.05) is 17.9 Å². The van der Waals surface area contributed by atoms with E-state index in [1.165, 1.54) is 0 Å². The van der Waals surface area contributed by atoms with Crippen LogP contribution in [0.4, 0.5) is 0 Å². The first-order valence-electron chi connectivity index (χ1n) is 4.72. The van der Waals surface area contributed by atoms with Crippen LogP contribution in [-0.2, 0) is 0 Å². The van der Waals surface area contributed by atoms with Crippen LogP contribution in [0, 0.1) is 12.3 Å². The highest BCUT2D eigenvalue weighted by Gasteiger charge is 2.29. The minimum Gasteiger partial charge on any atom is -0.370 e. The number of likely N-dealkylation sites (tertiary alicyclic amines) is 1. The van der Waals surface area contributed by atoms with Crippen LogP contribution in [0.25, 0.3) is 0 Å². The number of nitrogens with two attached hydrogens (primary N) is 1. The molecule has 1 aromatic heterocycles. The molecule has 0 aromatic carbocycles. The molecule has 1 aliphatic rings. The van der Waals surface area contributed by atoms with Crippen molar-refractivity contribution in [1.29, 1.82) is 5.41 Å². The summed E-state index contributed by atoms with van der Waals surface area (Å²) in [5.41, 5.74) is 6.35. The molecule has 1 aliphatic heterocycles. The molecule has 3 N–H and O–H groups in total. The second kappa shape index (κ2) is 3.32. The van der Waals surface area contributed by atoms with E-state index in [0.717, 1.165) is 30.8 Å². The Balaban J connectivity index is 2.21. The maximum atomic E-state index is 7.42. The van der Waals surface area contributed by atoms with E-state index < -0.39 is 0 Å². The summed E-state index contributed by atoms with van der Waals surface area (Å²) in [6.45, 7) is 2.72. The summed E-state index contributed by atoms with van der Waals surface area (Å²) in [5, 5.41) is 11.3. The summed E-state index contributed by atoms with van der Waals surface area (Å²) >= 11 is 0. The number of aryl methyl sites for hydroxylation is 1. The van der Waals surface area contributed by atoms with Gasteiger partial charge in [-0.25, -0.2) is 0 Å². The topological polar surface area (TPSA) is 79.1 Å². The van der Waals surface area contributed by atoms with Crippen LogP contribution in [0.5, 0.6) is 0 Å². The molecule has 0 radical (unpaired) electrons. The molecule has 0 saturated carbocycles. The van der Waals surface area contributed by atoms with Crippen LogP contribution in [0.1, 0.15) is 30.3 Å². The fraction of sp³-hybridized carbons (Fsp3) is 0.556. The lowest BCUT2D eigenvalue weighted by Crippen LogP contribution is -2.35. The van der Waals surface area contributed by atoms with Gasteiger partial charge in [-0.15, -0.1) is 0 Å². The van der Waals surface area contributed by atoms with Crippen molar-refractivity contribution in [1.82, 2.24) is 10.1 Å². The number of rotatable bonds is 1. The van der Waals surface area contributed by atoms with Gasteiger partial charge in [-0.2, -0.15) is 0 Å². The molecule has 14 heavy (non-hydrogen) atoms. The number of aromatic nitrogens is 1. The highest BCUT2D eigenvalue weighted by molar-refractivity contribution is 5.75. The fourth-order valence-electron chi connectivity index (χ4n) is 1.89. The van der Waals surface area contributed by atoms with Gasteiger partial charge in [-0.3, -0.25) is 5.41 Å². The van der Waals surface area contributed by atoms with Crippen LogP contribution in [0.15, 0.2) is 10.6 Å². The van der Waals surface area contributed by atoms with Crippen molar-refractivity contribution >= 4 is 5.96 Å². The molecule has 1 aromatic rings. The molecule has 0 amide bonds. The first-order chi connectivity index (χ1) is 6.68. The molecule has 1 unspecified atom stereocenters. The van der Waals surface area contributed by atoms with Gasteiger partial charge in [-0.05, 0) is 19.8 Å². The lowest BCUT2D eigenvalue weighted by atomic mass is 10.1. The van der Waals surface area contributed by atoms with Crippen LogP contribution in [-0.4, -0.2) is 22.6 Å². The molecule has 1 saturated heterocycles. The molecule has 76 valence electrons. The van der Waals surface area contributed by atoms with E-state index in [1.54, 1.807) is 0 Å². The Morgan fingerprint density at radius 2 is 2.57 bits per heavy atom. The molecule has 5 nitrogen and oxygen atoms in total. The van der Waals surface area contributed by atoms with Crippen molar-refractivity contribution in [2.75, 3.05) is 6.54 Å². The minimum atomic E-state index is 0.105. The molecule has 1 atom stereocenters. The second-order valence-electron chi connectivity index (χ2n) is 3.61. The normalized spacial score (nSPS) is 21.5. The zero-order chi connectivity index (χ0) is 10.1. The third-order valence-corrected chi connectivity index (χ3v) is 2.54. The number of guanidine groups is 1. The van der Waals surface area contributed by atoms with E-state index in [0.29, 0.717) is 0 Å². The number of nitrogens with one attached hydrogen (secondary N) is 1. The Morgan fingerprint density at radius 1 is 1.79 bits per heavy atom. The summed E-state index contributed by atoms with van der Waals surface area (Å²) in [7, 11) is 0. The number of nitrogens with zero attached hydrogens (tertiary/aromatic N) is 2. The molecular formula is C9H14N4O. The molecular weight excluding hydrogens is 180 g/mol. The minimum absolute atomic E-state index is 0.105. The number of hydrogen-bond donors (Lipinski definition) is 2. The summed E-state index contributed by atoms with van der Waals surface area (Å²) in [6, 6.07) is 2.01. The van der Waals surface area contributed by atoms with Crippen LogP contribution >= 0.6 is 0 Å². The third kappa shape index (κ3) is 1.45. The maximum Gasteiger partial charge on any atom is 0.189 e. The van der Waals surface area contributed by atoms with Crippen molar-refractivity contribution in [2.24, 2.45) is 5.73 Å². The lowest BCUT2D eigenvalue weighted by Gasteiger charge is -2.21. The van der Waals surface area contributed by atoms with Crippen molar-refractivity contribution in [3.63, 3.8) is 0 Å². The third-order valence-electron chi connectivity index (χ3n) is 2.54. The van der Waals surface area contributed by atoms with Gasteiger partial charge in [0.1, 0.15) is 0 Å². The van der Waals surface area contributed by atoms with Gasteiger partial charge < -0.3 is 15.2 Å². The van der Waals surface area contributed by atoms with Gasteiger partial charge >= 0.3 is 0 Å². The maximum absolute atomic E-state index is 7.42. The Hall–Kier alpha value is -1.52. The average molecular weight is 194 g/mol. The van der Waals surface area contributed by atoms with Crippen LogP contribution in [0.2, 0.25) is 0 Å². The van der Waals surface area contributed by atoms with E-state index in [-0.39, 0.29) is 12.0 Å².